The van der Waals surface area contributed by atoms with Crippen molar-refractivity contribution in [2.75, 3.05) is 13.1 Å². The van der Waals surface area contributed by atoms with Gasteiger partial charge in [0.05, 0.1) is 12.2 Å². The molecule has 0 bridgehead atoms. The third-order valence-corrected chi connectivity index (χ3v) is 4.91. The van der Waals surface area contributed by atoms with Gasteiger partial charge in [0.1, 0.15) is 5.82 Å². The lowest BCUT2D eigenvalue weighted by Crippen LogP contribution is -2.54. The first-order chi connectivity index (χ1) is 12.9. The zero-order valence-electron chi connectivity index (χ0n) is 15.4. The third-order valence-electron chi connectivity index (χ3n) is 4.91. The second kappa shape index (κ2) is 7.87. The largest absolute Gasteiger partial charge is 0.480 e. The topological polar surface area (TPSA) is 87.5 Å². The van der Waals surface area contributed by atoms with Crippen LogP contribution < -0.4 is 5.32 Å². The normalized spacial score (nSPS) is 19.0. The number of nitrogens with zero attached hydrogens (tertiary/aromatic N) is 3. The summed E-state index contributed by atoms with van der Waals surface area (Å²) in [6.07, 6.45) is 3.19. The molecule has 3 rings (SSSR count). The molecule has 2 N–H and O–H groups in total. The van der Waals surface area contributed by atoms with E-state index in [9.17, 15) is 14.0 Å². The van der Waals surface area contributed by atoms with Gasteiger partial charge in [-0.05, 0) is 50.6 Å². The van der Waals surface area contributed by atoms with Gasteiger partial charge in [-0.25, -0.2) is 9.07 Å². The number of amides is 1. The molecule has 1 aliphatic carbocycles. The molecule has 1 aromatic heterocycles. The summed E-state index contributed by atoms with van der Waals surface area (Å²) < 4.78 is 14.6. The molecule has 2 aromatic rings. The van der Waals surface area contributed by atoms with Gasteiger partial charge in [0.2, 0.25) is 0 Å². The van der Waals surface area contributed by atoms with E-state index in [1.165, 1.54) is 12.1 Å². The fourth-order valence-electron chi connectivity index (χ4n) is 3.34. The van der Waals surface area contributed by atoms with Crippen molar-refractivity contribution in [3.63, 3.8) is 0 Å². The number of aromatic nitrogens is 2. The lowest BCUT2D eigenvalue weighted by molar-refractivity contribution is -0.139. The van der Waals surface area contributed by atoms with Crippen molar-refractivity contribution >= 4 is 11.9 Å². The van der Waals surface area contributed by atoms with Crippen LogP contribution in [0.2, 0.25) is 0 Å². The molecule has 0 radical (unpaired) electrons. The van der Waals surface area contributed by atoms with E-state index in [1.807, 2.05) is 11.8 Å². The molecule has 1 fully saturated rings. The molecule has 0 aliphatic heterocycles. The van der Waals surface area contributed by atoms with Crippen LogP contribution in [0.3, 0.4) is 0 Å². The molecule has 1 aromatic carbocycles. The molecular weight excluding hydrogens is 351 g/mol. The first kappa shape index (κ1) is 19.0. The van der Waals surface area contributed by atoms with E-state index in [2.05, 4.69) is 10.4 Å². The van der Waals surface area contributed by atoms with Crippen LogP contribution in [0.15, 0.2) is 30.5 Å². The van der Waals surface area contributed by atoms with Crippen LogP contribution in [0, 0.1) is 12.7 Å². The van der Waals surface area contributed by atoms with E-state index in [1.54, 1.807) is 29.9 Å². The van der Waals surface area contributed by atoms with Gasteiger partial charge in [-0.1, -0.05) is 6.92 Å². The minimum Gasteiger partial charge on any atom is -0.480 e. The number of carboxylic acid groups (broad SMARTS) is 1. The Morgan fingerprint density at radius 3 is 2.59 bits per heavy atom. The van der Waals surface area contributed by atoms with Gasteiger partial charge in [-0.3, -0.25) is 14.5 Å². The van der Waals surface area contributed by atoms with Gasteiger partial charge in [0.15, 0.2) is 5.69 Å². The van der Waals surface area contributed by atoms with Gasteiger partial charge < -0.3 is 10.4 Å². The standard InChI is InChI=1S/C19H23FN4O3/c1-3-23(11-17(25)26)16-8-14(9-16)21-19(27)18-12(2)10-24(22-18)15-6-4-13(20)5-7-15/h4-7,10,14,16H,3,8-9,11H2,1-2H3,(H,21,27)(H,25,26). The molecule has 1 saturated carbocycles. The molecule has 144 valence electrons. The lowest BCUT2D eigenvalue weighted by Gasteiger charge is -2.42. The quantitative estimate of drug-likeness (QED) is 0.774. The Balaban J connectivity index is 1.59. The van der Waals surface area contributed by atoms with E-state index < -0.39 is 5.97 Å². The minimum atomic E-state index is -0.841. The third kappa shape index (κ3) is 4.33. The average molecular weight is 374 g/mol. The van der Waals surface area contributed by atoms with Crippen LogP contribution in [0.4, 0.5) is 4.39 Å². The van der Waals surface area contributed by atoms with Crippen LogP contribution in [0.25, 0.3) is 5.69 Å². The lowest BCUT2D eigenvalue weighted by atomic mass is 9.85. The smallest absolute Gasteiger partial charge is 0.317 e. The number of aliphatic carboxylic acids is 1. The summed E-state index contributed by atoms with van der Waals surface area (Å²) in [5.41, 5.74) is 1.74. The predicted molar refractivity (Wildman–Crippen MR) is 97.4 cm³/mol. The number of carbonyl (C=O) groups excluding carboxylic acids is 1. The number of halogens is 1. The van der Waals surface area contributed by atoms with Crippen LogP contribution >= 0.6 is 0 Å². The summed E-state index contributed by atoms with van der Waals surface area (Å²) in [5, 5.41) is 16.2. The maximum absolute atomic E-state index is 13.1. The van der Waals surface area contributed by atoms with E-state index >= 15 is 0 Å². The van der Waals surface area contributed by atoms with E-state index in [4.69, 9.17) is 5.11 Å². The number of hydrogen-bond donors (Lipinski definition) is 2. The molecule has 1 aliphatic rings. The minimum absolute atomic E-state index is 0.0146. The predicted octanol–water partition coefficient (Wildman–Crippen LogP) is 1.99. The zero-order valence-corrected chi connectivity index (χ0v) is 15.4. The molecule has 1 heterocycles. The van der Waals surface area contributed by atoms with Gasteiger partial charge >= 0.3 is 5.97 Å². The van der Waals surface area contributed by atoms with E-state index in [0.29, 0.717) is 17.9 Å². The summed E-state index contributed by atoms with van der Waals surface area (Å²) >= 11 is 0. The molecule has 7 nitrogen and oxygen atoms in total. The van der Waals surface area contributed by atoms with Crippen molar-refractivity contribution in [2.45, 2.75) is 38.8 Å². The fourth-order valence-corrected chi connectivity index (χ4v) is 3.34. The molecule has 0 spiro atoms. The Labute approximate surface area is 156 Å². The highest BCUT2D eigenvalue weighted by Crippen LogP contribution is 2.26. The van der Waals surface area contributed by atoms with E-state index in [-0.39, 0.29) is 30.4 Å². The van der Waals surface area contributed by atoms with Crippen LogP contribution in [-0.2, 0) is 4.79 Å². The van der Waals surface area contributed by atoms with Crippen molar-refractivity contribution in [1.82, 2.24) is 20.0 Å². The second-order valence-electron chi connectivity index (χ2n) is 6.83. The first-order valence-corrected chi connectivity index (χ1v) is 8.96. The molecular formula is C19H23FN4O3. The molecule has 0 unspecified atom stereocenters. The van der Waals surface area contributed by atoms with Crippen LogP contribution in [0.1, 0.15) is 35.8 Å². The van der Waals surface area contributed by atoms with Crippen LogP contribution in [-0.4, -0.2) is 56.8 Å². The Hall–Kier alpha value is -2.74. The van der Waals surface area contributed by atoms with Crippen molar-refractivity contribution < 1.29 is 19.1 Å². The van der Waals surface area contributed by atoms with E-state index in [0.717, 1.165) is 18.4 Å². The van der Waals surface area contributed by atoms with Gasteiger partial charge in [-0.15, -0.1) is 0 Å². The Morgan fingerprint density at radius 2 is 2.00 bits per heavy atom. The molecule has 8 heteroatoms. The van der Waals surface area contributed by atoms with Crippen molar-refractivity contribution in [1.29, 1.82) is 0 Å². The highest BCUT2D eigenvalue weighted by atomic mass is 19.1. The number of likely N-dealkylation sites (N-methyl/N-ethyl adjacent to an activating group) is 1. The summed E-state index contributed by atoms with van der Waals surface area (Å²) in [5.74, 6) is -1.42. The maximum atomic E-state index is 13.1. The highest BCUT2D eigenvalue weighted by molar-refractivity contribution is 5.93. The monoisotopic (exact) mass is 374 g/mol. The average Bonchev–Trinajstić information content (AvgIpc) is 2.98. The molecule has 0 atom stereocenters. The zero-order chi connectivity index (χ0) is 19.6. The second-order valence-corrected chi connectivity index (χ2v) is 6.83. The number of benzene rings is 1. The van der Waals surface area contributed by atoms with Crippen molar-refractivity contribution in [3.8, 4) is 5.69 Å². The van der Waals surface area contributed by atoms with Crippen LogP contribution in [0.5, 0.6) is 0 Å². The molecule has 1 amide bonds. The van der Waals surface area contributed by atoms with Gasteiger partial charge in [0.25, 0.3) is 5.91 Å². The molecule has 27 heavy (non-hydrogen) atoms. The summed E-state index contributed by atoms with van der Waals surface area (Å²) in [6.45, 7) is 4.42. The Morgan fingerprint density at radius 1 is 1.33 bits per heavy atom. The summed E-state index contributed by atoms with van der Waals surface area (Å²) in [4.78, 5) is 25.3. The fraction of sp³-hybridized carbons (Fsp3) is 0.421. The summed E-state index contributed by atoms with van der Waals surface area (Å²) in [7, 11) is 0. The Bertz CT molecular complexity index is 828. The number of rotatable bonds is 7. The SMILES string of the molecule is CCN(CC(=O)O)C1CC(NC(=O)c2nn(-c3ccc(F)cc3)cc2C)C1. The number of hydrogen-bond acceptors (Lipinski definition) is 4. The number of carbonyl (C=O) groups is 2. The number of aryl methyl sites for hydroxylation is 1. The van der Waals surface area contributed by atoms with Crippen molar-refractivity contribution in [3.05, 3.63) is 47.5 Å². The Kier molecular flexibility index (Phi) is 5.55. The number of nitrogens with one attached hydrogen (secondary N) is 1. The number of carboxylic acids is 1. The first-order valence-electron chi connectivity index (χ1n) is 8.96. The summed E-state index contributed by atoms with van der Waals surface area (Å²) in [6, 6.07) is 6.08. The van der Waals surface area contributed by atoms with Gasteiger partial charge in [-0.2, -0.15) is 5.10 Å². The van der Waals surface area contributed by atoms with Gasteiger partial charge in [0, 0.05) is 23.8 Å². The van der Waals surface area contributed by atoms with Crippen molar-refractivity contribution in [2.24, 2.45) is 0 Å². The molecule has 0 saturated heterocycles. The maximum Gasteiger partial charge on any atom is 0.317 e. The highest BCUT2D eigenvalue weighted by Gasteiger charge is 2.35.